The largest absolute Gasteiger partial charge is 0.392 e. The van der Waals surface area contributed by atoms with E-state index in [2.05, 4.69) is 0 Å². The van der Waals surface area contributed by atoms with Gasteiger partial charge in [0.15, 0.2) is 0 Å². The number of hydrogen-bond acceptors (Lipinski definition) is 1. The number of aliphatic hydroxyl groups excluding tert-OH is 1. The zero-order valence-corrected chi connectivity index (χ0v) is 6.27. The molecular weight excluding hydrogens is 136 g/mol. The van der Waals surface area contributed by atoms with Crippen molar-refractivity contribution in [1.29, 1.82) is 0 Å². The van der Waals surface area contributed by atoms with Gasteiger partial charge in [0, 0.05) is 5.88 Å². The predicted octanol–water partition coefficient (Wildman–Crippen LogP) is 1.78. The Morgan fingerprint density at radius 1 is 1.44 bits per heavy atom. The Kier molecular flexibility index (Phi) is 2.80. The Hall–Kier alpha value is 0.250. The van der Waals surface area contributed by atoms with Crippen molar-refractivity contribution >= 4 is 11.6 Å². The first-order valence-corrected chi connectivity index (χ1v) is 4.12. The third-order valence-electron chi connectivity index (χ3n) is 2.10. The van der Waals surface area contributed by atoms with Gasteiger partial charge in [-0.25, -0.2) is 0 Å². The highest BCUT2D eigenvalue weighted by atomic mass is 35.5. The van der Waals surface area contributed by atoms with Crippen LogP contribution in [0.25, 0.3) is 0 Å². The molecule has 1 saturated carbocycles. The Labute approximate surface area is 61.0 Å². The van der Waals surface area contributed by atoms with Crippen LogP contribution in [0.1, 0.15) is 25.7 Å². The number of hydrogen-bond donors (Lipinski definition) is 1. The van der Waals surface area contributed by atoms with Crippen molar-refractivity contribution in [2.75, 3.05) is 5.88 Å². The first kappa shape index (κ1) is 7.36. The van der Waals surface area contributed by atoms with Crippen molar-refractivity contribution in [1.82, 2.24) is 0 Å². The smallest absolute Gasteiger partial charge is 0.0703 e. The van der Waals surface area contributed by atoms with Gasteiger partial charge in [-0.05, 0) is 18.8 Å². The molecule has 1 fully saturated rings. The molecule has 1 rings (SSSR count). The molecule has 0 unspecified atom stereocenters. The van der Waals surface area contributed by atoms with Crippen LogP contribution in [0.3, 0.4) is 0 Å². The molecule has 0 amide bonds. The van der Waals surface area contributed by atoms with Crippen molar-refractivity contribution in [3.63, 3.8) is 0 Å². The van der Waals surface area contributed by atoms with E-state index in [1.54, 1.807) is 0 Å². The second-order valence-electron chi connectivity index (χ2n) is 2.77. The first-order valence-electron chi connectivity index (χ1n) is 3.58. The van der Waals surface area contributed by atoms with E-state index in [4.69, 9.17) is 11.6 Å². The van der Waals surface area contributed by atoms with Gasteiger partial charge >= 0.3 is 0 Å². The molecule has 0 aromatic rings. The van der Waals surface area contributed by atoms with Gasteiger partial charge in [0.05, 0.1) is 6.10 Å². The van der Waals surface area contributed by atoms with Crippen LogP contribution >= 0.6 is 11.6 Å². The van der Waals surface area contributed by atoms with E-state index in [9.17, 15) is 5.11 Å². The van der Waals surface area contributed by atoms with Crippen molar-refractivity contribution in [3.05, 3.63) is 0 Å². The summed E-state index contributed by atoms with van der Waals surface area (Å²) in [4.78, 5) is 0. The summed E-state index contributed by atoms with van der Waals surface area (Å²) in [5, 5.41) is 9.23. The van der Waals surface area contributed by atoms with Crippen LogP contribution in [-0.2, 0) is 0 Å². The molecule has 2 heteroatoms. The molecule has 1 nitrogen and oxygen atoms in total. The van der Waals surface area contributed by atoms with Gasteiger partial charge in [0.25, 0.3) is 0 Å². The van der Waals surface area contributed by atoms with Crippen LogP contribution in [-0.4, -0.2) is 17.1 Å². The molecular formula is C7H13ClO. The number of alkyl halides is 1. The summed E-state index contributed by atoms with van der Waals surface area (Å²) >= 11 is 5.48. The number of aliphatic hydroxyl groups is 1. The van der Waals surface area contributed by atoms with E-state index in [1.165, 1.54) is 25.7 Å². The molecule has 0 aromatic heterocycles. The third kappa shape index (κ3) is 1.84. The zero-order valence-electron chi connectivity index (χ0n) is 5.52. The minimum atomic E-state index is -0.242. The highest BCUT2D eigenvalue weighted by molar-refractivity contribution is 6.18. The summed E-state index contributed by atoms with van der Waals surface area (Å²) in [6.07, 6.45) is 4.66. The van der Waals surface area contributed by atoms with Gasteiger partial charge in [-0.15, -0.1) is 11.6 Å². The van der Waals surface area contributed by atoms with Gasteiger partial charge in [0.1, 0.15) is 0 Å². The molecule has 0 bridgehead atoms. The standard InChI is InChI=1S/C7H13ClO/c8-5-7(9)6-3-1-2-4-6/h6-7,9H,1-5H2/t7-/m1/s1. The van der Waals surface area contributed by atoms with Crippen LogP contribution < -0.4 is 0 Å². The highest BCUT2D eigenvalue weighted by Crippen LogP contribution is 2.27. The predicted molar refractivity (Wildman–Crippen MR) is 38.7 cm³/mol. The summed E-state index contributed by atoms with van der Waals surface area (Å²) in [6.45, 7) is 0. The number of rotatable bonds is 2. The maximum atomic E-state index is 9.23. The summed E-state index contributed by atoms with van der Waals surface area (Å²) in [5.41, 5.74) is 0. The van der Waals surface area contributed by atoms with Crippen molar-refractivity contribution in [3.8, 4) is 0 Å². The summed E-state index contributed by atoms with van der Waals surface area (Å²) in [5.74, 6) is 0.910. The monoisotopic (exact) mass is 148 g/mol. The summed E-state index contributed by atoms with van der Waals surface area (Å²) < 4.78 is 0. The van der Waals surface area contributed by atoms with Crippen molar-refractivity contribution in [2.45, 2.75) is 31.8 Å². The molecule has 0 heterocycles. The van der Waals surface area contributed by atoms with E-state index in [1.807, 2.05) is 0 Å². The molecule has 1 aliphatic carbocycles. The third-order valence-corrected chi connectivity index (χ3v) is 2.42. The van der Waals surface area contributed by atoms with Crippen LogP contribution in [0.5, 0.6) is 0 Å². The second-order valence-corrected chi connectivity index (χ2v) is 3.07. The van der Waals surface area contributed by atoms with E-state index >= 15 is 0 Å². The van der Waals surface area contributed by atoms with E-state index in [0.717, 1.165) is 0 Å². The average molecular weight is 149 g/mol. The van der Waals surface area contributed by atoms with Crippen LogP contribution in [0.2, 0.25) is 0 Å². The lowest BCUT2D eigenvalue weighted by Crippen LogP contribution is -2.18. The van der Waals surface area contributed by atoms with Gasteiger partial charge in [0.2, 0.25) is 0 Å². The highest BCUT2D eigenvalue weighted by Gasteiger charge is 2.21. The fourth-order valence-electron chi connectivity index (χ4n) is 1.47. The fourth-order valence-corrected chi connectivity index (χ4v) is 1.72. The summed E-state index contributed by atoms with van der Waals surface area (Å²) in [7, 11) is 0. The molecule has 0 aromatic carbocycles. The lowest BCUT2D eigenvalue weighted by molar-refractivity contribution is 0.132. The lowest BCUT2D eigenvalue weighted by Gasteiger charge is -2.13. The SMILES string of the molecule is O[C@H](CCl)C1CCCC1. The fraction of sp³-hybridized carbons (Fsp3) is 1.00. The Morgan fingerprint density at radius 2 is 2.00 bits per heavy atom. The zero-order chi connectivity index (χ0) is 6.69. The molecule has 0 spiro atoms. The molecule has 1 N–H and O–H groups in total. The van der Waals surface area contributed by atoms with E-state index in [0.29, 0.717) is 11.8 Å². The van der Waals surface area contributed by atoms with Gasteiger partial charge < -0.3 is 5.11 Å². The quantitative estimate of drug-likeness (QED) is 0.592. The normalized spacial score (nSPS) is 24.7. The average Bonchev–Trinajstić information content (AvgIpc) is 2.37. The van der Waals surface area contributed by atoms with Crippen molar-refractivity contribution in [2.24, 2.45) is 5.92 Å². The lowest BCUT2D eigenvalue weighted by atomic mass is 10.0. The Balaban J connectivity index is 2.24. The molecule has 54 valence electrons. The van der Waals surface area contributed by atoms with Crippen LogP contribution in [0.4, 0.5) is 0 Å². The van der Waals surface area contributed by atoms with Crippen LogP contribution in [0.15, 0.2) is 0 Å². The minimum absolute atomic E-state index is 0.242. The van der Waals surface area contributed by atoms with Gasteiger partial charge in [-0.3, -0.25) is 0 Å². The first-order chi connectivity index (χ1) is 4.34. The molecule has 0 radical (unpaired) electrons. The molecule has 1 atom stereocenters. The topological polar surface area (TPSA) is 20.2 Å². The molecule has 0 aliphatic heterocycles. The second kappa shape index (κ2) is 3.43. The van der Waals surface area contributed by atoms with E-state index in [-0.39, 0.29) is 6.10 Å². The molecule has 1 aliphatic rings. The van der Waals surface area contributed by atoms with Gasteiger partial charge in [-0.1, -0.05) is 12.8 Å². The minimum Gasteiger partial charge on any atom is -0.392 e. The van der Waals surface area contributed by atoms with E-state index < -0.39 is 0 Å². The van der Waals surface area contributed by atoms with Crippen molar-refractivity contribution < 1.29 is 5.11 Å². The Morgan fingerprint density at radius 3 is 2.44 bits per heavy atom. The molecule has 0 saturated heterocycles. The Bertz CT molecular complexity index is 79.0. The summed E-state index contributed by atoms with van der Waals surface area (Å²) in [6, 6.07) is 0. The molecule has 9 heavy (non-hydrogen) atoms. The van der Waals surface area contributed by atoms with Crippen LogP contribution in [0, 0.1) is 5.92 Å². The maximum absolute atomic E-state index is 9.23. The number of halogens is 1. The maximum Gasteiger partial charge on any atom is 0.0703 e. The van der Waals surface area contributed by atoms with Gasteiger partial charge in [-0.2, -0.15) is 0 Å².